The first kappa shape index (κ1) is 29.6. The van der Waals surface area contributed by atoms with E-state index in [2.05, 4.69) is 46.9 Å². The lowest BCUT2D eigenvalue weighted by Crippen LogP contribution is -2.45. The smallest absolute Gasteiger partial charge is 0.386 e. The third-order valence-corrected chi connectivity index (χ3v) is 9.91. The summed E-state index contributed by atoms with van der Waals surface area (Å²) in [7, 11) is -4.61. The lowest BCUT2D eigenvalue weighted by atomic mass is 10.1. The molecule has 8 unspecified atom stereocenters. The number of nitrogens with two attached hydrogens (primary N) is 2. The summed E-state index contributed by atoms with van der Waals surface area (Å²) in [5.41, 5.74) is 12.6. The van der Waals surface area contributed by atoms with Crippen LogP contribution in [0.1, 0.15) is 12.5 Å². The van der Waals surface area contributed by atoms with Gasteiger partial charge in [0.25, 0.3) is 0 Å². The molecule has 3 saturated heterocycles. The van der Waals surface area contributed by atoms with Crippen molar-refractivity contribution in [1.29, 1.82) is 0 Å². The van der Waals surface area contributed by atoms with Crippen LogP contribution in [0.25, 0.3) is 22.3 Å². The van der Waals surface area contributed by atoms with Crippen LogP contribution in [-0.4, -0.2) is 107 Å². The quantitative estimate of drug-likeness (QED) is 0.0992. The average Bonchev–Trinajstić information content (AvgIpc) is 3.73. The van der Waals surface area contributed by atoms with Crippen molar-refractivity contribution in [3.8, 4) is 0 Å². The maximum Gasteiger partial charge on any atom is 0.386 e. The van der Waals surface area contributed by atoms with Crippen LogP contribution in [0, 0.1) is 0 Å². The van der Waals surface area contributed by atoms with E-state index in [4.69, 9.17) is 34.2 Å². The van der Waals surface area contributed by atoms with E-state index in [1.807, 2.05) is 0 Å². The first-order valence-electron chi connectivity index (χ1n) is 12.8. The summed E-state index contributed by atoms with van der Waals surface area (Å²) < 4.78 is 72.6. The summed E-state index contributed by atoms with van der Waals surface area (Å²) in [5, 5.41) is 22.4. The molecule has 0 radical (unpaired) electrons. The predicted molar refractivity (Wildman–Crippen MR) is 149 cm³/mol. The summed E-state index contributed by atoms with van der Waals surface area (Å²) in [5.74, 6) is 0.154. The summed E-state index contributed by atoms with van der Waals surface area (Å²) in [6, 6.07) is 0. The van der Waals surface area contributed by atoms with E-state index < -0.39 is 79.3 Å². The largest absolute Gasteiger partial charge is 0.386 e. The third kappa shape index (κ3) is 5.08. The molecule has 4 aromatic heterocycles. The van der Waals surface area contributed by atoms with Crippen molar-refractivity contribution < 1.29 is 45.9 Å². The predicted octanol–water partition coefficient (Wildman–Crippen LogP) is -1.98. The molecule has 0 saturated carbocycles. The van der Waals surface area contributed by atoms with Crippen LogP contribution in [0.3, 0.4) is 0 Å². The lowest BCUT2D eigenvalue weighted by molar-refractivity contribution is -0.0499. The van der Waals surface area contributed by atoms with E-state index in [1.54, 1.807) is 0 Å². The fourth-order valence-corrected chi connectivity index (χ4v) is 7.73. The summed E-state index contributed by atoms with van der Waals surface area (Å²) in [6.07, 6.45) is -6.30. The minimum atomic E-state index is -4.61. The van der Waals surface area contributed by atoms with Crippen LogP contribution in [-0.2, 0) is 37.6 Å². The van der Waals surface area contributed by atoms with Crippen molar-refractivity contribution >= 4 is 63.3 Å². The van der Waals surface area contributed by atoms with Crippen LogP contribution in [0.5, 0.6) is 0 Å². The van der Waals surface area contributed by atoms with Gasteiger partial charge in [0.15, 0.2) is 35.4 Å². The van der Waals surface area contributed by atoms with Gasteiger partial charge < -0.3 is 31.2 Å². The van der Waals surface area contributed by atoms with Crippen LogP contribution < -0.4 is 16.2 Å². The van der Waals surface area contributed by atoms with E-state index in [9.17, 15) is 23.2 Å². The normalized spacial score (nSPS) is 36.1. The molecule has 21 nitrogen and oxygen atoms in total. The van der Waals surface area contributed by atoms with Crippen molar-refractivity contribution in [2.24, 2.45) is 0 Å². The molecular weight excluding hydrogens is 649 g/mol. The molecule has 0 spiro atoms. The zero-order valence-corrected chi connectivity index (χ0v) is 24.6. The number of nitrogens with one attached hydrogen (secondary N) is 1. The molecule has 0 aliphatic carbocycles. The molecule has 24 heteroatoms. The van der Waals surface area contributed by atoms with Gasteiger partial charge in [-0.3, -0.25) is 18.2 Å². The molecule has 7 heterocycles. The minimum Gasteiger partial charge on any atom is -0.386 e. The Morgan fingerprint density at radius 1 is 0.886 bits per heavy atom. The number of ether oxygens (including phenoxy) is 2. The molecule has 4 aromatic rings. The van der Waals surface area contributed by atoms with Gasteiger partial charge in [-0.15, -0.1) is 0 Å². The second kappa shape index (κ2) is 10.8. The topological polar surface area (TPSA) is 289 Å². The highest BCUT2D eigenvalue weighted by molar-refractivity contribution is 8.44. The van der Waals surface area contributed by atoms with Crippen molar-refractivity contribution in [1.82, 2.24) is 43.8 Å². The van der Waals surface area contributed by atoms with E-state index in [0.717, 1.165) is 0 Å². The van der Waals surface area contributed by atoms with E-state index in [0.29, 0.717) is 0 Å². The second-order valence-corrected chi connectivity index (χ2v) is 14.2. The fraction of sp³-hybridized carbons (Fsp3) is 0.500. The highest BCUT2D eigenvalue weighted by Crippen LogP contribution is 2.56. The summed E-state index contributed by atoms with van der Waals surface area (Å²) in [4.78, 5) is 24.2. The number of hydrogen-bond donors (Lipinski definition) is 6. The molecule has 7 N–H and O–H groups in total. The van der Waals surface area contributed by atoms with Gasteiger partial charge in [-0.2, -0.15) is 13.1 Å². The SMILES string of the molecule is Nc1ncnc2c1ncn2C1OC2CNS(=O)(=O)OC3C(CO[P@](=O)(S)OC2C1O)OC(n1cnc2c(N)ncnc21)C3O. The fourth-order valence-electron chi connectivity index (χ4n) is 5.28. The molecular formula is C20H24N11O10PS2. The molecule has 0 aromatic carbocycles. The van der Waals surface area contributed by atoms with Gasteiger partial charge in [0.2, 0.25) is 0 Å². The Morgan fingerprint density at radius 3 is 2.02 bits per heavy atom. The Hall–Kier alpha value is -3.09. The van der Waals surface area contributed by atoms with Gasteiger partial charge in [-0.25, -0.2) is 38.7 Å². The lowest BCUT2D eigenvalue weighted by Gasteiger charge is -2.27. The van der Waals surface area contributed by atoms with E-state index in [1.165, 1.54) is 34.4 Å². The van der Waals surface area contributed by atoms with Crippen LogP contribution in [0.4, 0.5) is 11.6 Å². The van der Waals surface area contributed by atoms with Gasteiger partial charge in [0.1, 0.15) is 60.3 Å². The number of rotatable bonds is 2. The molecule has 44 heavy (non-hydrogen) atoms. The second-order valence-electron chi connectivity index (χ2n) is 9.98. The number of aliphatic hydroxyl groups is 2. The zero-order chi connectivity index (χ0) is 31.0. The zero-order valence-electron chi connectivity index (χ0n) is 22.0. The Bertz CT molecular complexity index is 1890. The number of nitrogen functional groups attached to an aromatic ring is 2. The minimum absolute atomic E-state index is 0.0723. The Balaban J connectivity index is 1.17. The molecule has 7 rings (SSSR count). The number of thiol groups is 1. The van der Waals surface area contributed by atoms with Crippen molar-refractivity contribution in [2.45, 2.75) is 49.1 Å². The maximum atomic E-state index is 13.4. The molecule has 3 aliphatic rings. The molecule has 0 bridgehead atoms. The number of fused-ring (bicyclic) bond motifs is 4. The van der Waals surface area contributed by atoms with Gasteiger partial charge in [-0.1, -0.05) is 12.2 Å². The average molecular weight is 674 g/mol. The Morgan fingerprint density at radius 2 is 1.43 bits per heavy atom. The van der Waals surface area contributed by atoms with Gasteiger partial charge in [0, 0.05) is 6.54 Å². The Kier molecular flexibility index (Phi) is 7.25. The number of hydrogen-bond acceptors (Lipinski definition) is 18. The maximum absolute atomic E-state index is 13.4. The number of nitrogens with zero attached hydrogens (tertiary/aromatic N) is 8. The standard InChI is InChI=1S/C20H24N11O10PS2/c21-15-9-17(25-3-23-15)30(5-27-9)19-11(32)13-7(38-19)1-29-44(35,36)41-14-8(2-37-42(34,43)40-13)39-20(12(14)33)31-6-28-10-16(22)24-4-26-18(10)31/h3-8,11-14,19-20,29,32-33H,1-2H2,(H,34,43)(H2,21,23,25)(H2,22,24,26)/t7?,8?,11?,12?,13?,14?,19?,20?,42-/m0/s1. The van der Waals surface area contributed by atoms with E-state index in [-0.39, 0.29) is 34.0 Å². The van der Waals surface area contributed by atoms with Crippen LogP contribution in [0.15, 0.2) is 25.3 Å². The molecule has 236 valence electrons. The van der Waals surface area contributed by atoms with Gasteiger partial charge in [0.05, 0.1) is 19.3 Å². The third-order valence-electron chi connectivity index (χ3n) is 7.30. The van der Waals surface area contributed by atoms with E-state index >= 15 is 0 Å². The summed E-state index contributed by atoms with van der Waals surface area (Å²) in [6.45, 7) is -5.44. The van der Waals surface area contributed by atoms with Crippen molar-refractivity contribution in [2.75, 3.05) is 24.6 Å². The summed E-state index contributed by atoms with van der Waals surface area (Å²) >= 11 is 4.05. The van der Waals surface area contributed by atoms with Crippen LogP contribution >= 0.6 is 19.0 Å². The first-order valence-corrected chi connectivity index (χ1v) is 16.9. The molecule has 3 fully saturated rings. The number of imidazole rings is 2. The molecule has 0 amide bonds. The highest BCUT2D eigenvalue weighted by Gasteiger charge is 2.52. The van der Waals surface area contributed by atoms with Crippen molar-refractivity contribution in [3.63, 3.8) is 0 Å². The number of aromatic nitrogens is 8. The van der Waals surface area contributed by atoms with Gasteiger partial charge in [-0.05, 0) is 0 Å². The van der Waals surface area contributed by atoms with Crippen molar-refractivity contribution in [3.05, 3.63) is 25.3 Å². The monoisotopic (exact) mass is 673 g/mol. The molecule has 9 atom stereocenters. The highest BCUT2D eigenvalue weighted by atomic mass is 32.7. The Labute approximate surface area is 251 Å². The van der Waals surface area contributed by atoms with Crippen LogP contribution in [0.2, 0.25) is 0 Å². The first-order chi connectivity index (χ1) is 20.9. The number of aliphatic hydroxyl groups excluding tert-OH is 2. The van der Waals surface area contributed by atoms with Gasteiger partial charge >= 0.3 is 17.1 Å². The number of anilines is 2. The molecule has 3 aliphatic heterocycles.